The lowest BCUT2D eigenvalue weighted by Crippen LogP contribution is -2.42. The Balaban J connectivity index is 2.21. The zero-order chi connectivity index (χ0) is 14.5. The van der Waals surface area contributed by atoms with Gasteiger partial charge in [0, 0.05) is 29.3 Å². The summed E-state index contributed by atoms with van der Waals surface area (Å²) in [5, 5.41) is 0. The van der Waals surface area contributed by atoms with Gasteiger partial charge < -0.3 is 15.4 Å². The fourth-order valence-electron chi connectivity index (χ4n) is 2.62. The molecule has 1 aromatic carbocycles. The summed E-state index contributed by atoms with van der Waals surface area (Å²) in [6.45, 7) is 7.07. The highest BCUT2D eigenvalue weighted by molar-refractivity contribution is 9.10. The molecule has 3 nitrogen and oxygen atoms in total. The summed E-state index contributed by atoms with van der Waals surface area (Å²) in [6, 6.07) is 6.76. The molecule has 2 N–H and O–H groups in total. The van der Waals surface area contributed by atoms with Gasteiger partial charge in [-0.2, -0.15) is 0 Å². The number of anilines is 1. The number of benzene rings is 1. The zero-order valence-electron chi connectivity index (χ0n) is 12.4. The predicted molar refractivity (Wildman–Crippen MR) is 88.4 cm³/mol. The summed E-state index contributed by atoms with van der Waals surface area (Å²) in [4.78, 5) is 2.44. The lowest BCUT2D eigenvalue weighted by atomic mass is 10.0. The molecule has 1 saturated heterocycles. The summed E-state index contributed by atoms with van der Waals surface area (Å²) in [6.07, 6.45) is 3.35. The predicted octanol–water partition coefficient (Wildman–Crippen LogP) is 3.34. The Bertz CT molecular complexity index is 438. The van der Waals surface area contributed by atoms with Crippen molar-refractivity contribution in [1.29, 1.82) is 0 Å². The topological polar surface area (TPSA) is 38.5 Å². The summed E-state index contributed by atoms with van der Waals surface area (Å²) in [5.74, 6) is 0. The maximum Gasteiger partial charge on any atom is 0.0748 e. The average Bonchev–Trinajstić information content (AvgIpc) is 2.49. The first kappa shape index (κ1) is 15.8. The average molecular weight is 341 g/mol. The maximum absolute atomic E-state index is 6.14. The molecule has 2 atom stereocenters. The molecule has 2 rings (SSSR count). The van der Waals surface area contributed by atoms with E-state index in [1.54, 1.807) is 0 Å². The van der Waals surface area contributed by atoms with Gasteiger partial charge in [-0.1, -0.05) is 35.8 Å². The van der Waals surface area contributed by atoms with Crippen LogP contribution in [-0.2, 0) is 11.2 Å². The molecule has 1 heterocycles. The lowest BCUT2D eigenvalue weighted by molar-refractivity contribution is 0.0384. The molecule has 0 spiro atoms. The van der Waals surface area contributed by atoms with Gasteiger partial charge in [0.05, 0.1) is 12.7 Å². The van der Waals surface area contributed by atoms with Gasteiger partial charge in [0.15, 0.2) is 0 Å². The lowest BCUT2D eigenvalue weighted by Gasteiger charge is -2.35. The zero-order valence-corrected chi connectivity index (χ0v) is 14.0. The van der Waals surface area contributed by atoms with Crippen LogP contribution in [0.4, 0.5) is 5.69 Å². The molecule has 1 aliphatic rings. The van der Waals surface area contributed by atoms with Gasteiger partial charge in [-0.25, -0.2) is 0 Å². The van der Waals surface area contributed by atoms with Crippen LogP contribution in [0, 0.1) is 0 Å². The fourth-order valence-corrected chi connectivity index (χ4v) is 2.96. The van der Waals surface area contributed by atoms with Crippen molar-refractivity contribution in [3.8, 4) is 0 Å². The molecule has 0 aromatic heterocycles. The standard InChI is InChI=1S/C16H25BrN2O/c1-3-14(18)9-12-5-6-13(17)10-16(12)19-7-8-20-15(4-2)11-19/h5-6,10,14-15H,3-4,7-9,11,18H2,1-2H3. The Hall–Kier alpha value is -0.580. The highest BCUT2D eigenvalue weighted by Crippen LogP contribution is 2.28. The Morgan fingerprint density at radius 1 is 1.45 bits per heavy atom. The van der Waals surface area contributed by atoms with Crippen molar-refractivity contribution < 1.29 is 4.74 Å². The number of nitrogens with two attached hydrogens (primary N) is 1. The minimum atomic E-state index is 0.234. The van der Waals surface area contributed by atoms with Gasteiger partial charge in [-0.3, -0.25) is 0 Å². The van der Waals surface area contributed by atoms with Crippen molar-refractivity contribution in [1.82, 2.24) is 0 Å². The number of ether oxygens (including phenoxy) is 1. The molecule has 112 valence electrons. The van der Waals surface area contributed by atoms with E-state index in [1.807, 2.05) is 0 Å². The highest BCUT2D eigenvalue weighted by Gasteiger charge is 2.21. The Morgan fingerprint density at radius 2 is 2.25 bits per heavy atom. The highest BCUT2D eigenvalue weighted by atomic mass is 79.9. The van der Waals surface area contributed by atoms with E-state index < -0.39 is 0 Å². The van der Waals surface area contributed by atoms with Crippen LogP contribution in [0.5, 0.6) is 0 Å². The molecule has 0 bridgehead atoms. The Kier molecular flexibility index (Phi) is 5.87. The van der Waals surface area contributed by atoms with Gasteiger partial charge in [-0.15, -0.1) is 0 Å². The molecular weight excluding hydrogens is 316 g/mol. The molecule has 0 radical (unpaired) electrons. The second-order valence-corrected chi connectivity index (χ2v) is 6.41. The van der Waals surface area contributed by atoms with Gasteiger partial charge in [0.25, 0.3) is 0 Å². The smallest absolute Gasteiger partial charge is 0.0748 e. The Labute approximate surface area is 130 Å². The monoisotopic (exact) mass is 340 g/mol. The third-order valence-electron chi connectivity index (χ3n) is 3.99. The van der Waals surface area contributed by atoms with Gasteiger partial charge in [-0.05, 0) is 37.0 Å². The normalized spacial score (nSPS) is 21.0. The van der Waals surface area contributed by atoms with Crippen molar-refractivity contribution in [3.63, 3.8) is 0 Å². The molecule has 0 saturated carbocycles. The van der Waals surface area contributed by atoms with Crippen LogP contribution in [0.25, 0.3) is 0 Å². The quantitative estimate of drug-likeness (QED) is 0.893. The van der Waals surface area contributed by atoms with Crippen LogP contribution in [-0.4, -0.2) is 31.8 Å². The molecule has 1 aromatic rings. The fraction of sp³-hybridized carbons (Fsp3) is 0.625. The summed E-state index contributed by atoms with van der Waals surface area (Å²) >= 11 is 3.59. The van der Waals surface area contributed by atoms with Crippen LogP contribution < -0.4 is 10.6 Å². The maximum atomic E-state index is 6.14. The van der Waals surface area contributed by atoms with Crippen LogP contribution in [0.3, 0.4) is 0 Å². The van der Waals surface area contributed by atoms with E-state index in [0.717, 1.165) is 43.4 Å². The van der Waals surface area contributed by atoms with Crippen molar-refractivity contribution >= 4 is 21.6 Å². The molecule has 4 heteroatoms. The van der Waals surface area contributed by atoms with Crippen LogP contribution in [0.15, 0.2) is 22.7 Å². The van der Waals surface area contributed by atoms with Gasteiger partial charge in [0.2, 0.25) is 0 Å². The number of nitrogens with zero attached hydrogens (tertiary/aromatic N) is 1. The van der Waals surface area contributed by atoms with E-state index in [0.29, 0.717) is 6.10 Å². The second kappa shape index (κ2) is 7.43. The van der Waals surface area contributed by atoms with Crippen molar-refractivity contribution in [2.75, 3.05) is 24.6 Å². The molecule has 1 fully saturated rings. The third kappa shape index (κ3) is 3.96. The first-order chi connectivity index (χ1) is 9.63. The minimum Gasteiger partial charge on any atom is -0.375 e. The van der Waals surface area contributed by atoms with E-state index in [9.17, 15) is 0 Å². The van der Waals surface area contributed by atoms with Gasteiger partial charge >= 0.3 is 0 Å². The number of morpholine rings is 1. The first-order valence-electron chi connectivity index (χ1n) is 7.54. The number of hydrogen-bond acceptors (Lipinski definition) is 3. The van der Waals surface area contributed by atoms with E-state index >= 15 is 0 Å². The summed E-state index contributed by atoms with van der Waals surface area (Å²) in [7, 11) is 0. The Morgan fingerprint density at radius 3 is 2.95 bits per heavy atom. The van der Waals surface area contributed by atoms with Crippen molar-refractivity contribution in [2.24, 2.45) is 5.73 Å². The van der Waals surface area contributed by atoms with Crippen molar-refractivity contribution in [2.45, 2.75) is 45.3 Å². The molecule has 20 heavy (non-hydrogen) atoms. The van der Waals surface area contributed by atoms with E-state index in [-0.39, 0.29) is 6.04 Å². The molecule has 1 aliphatic heterocycles. The second-order valence-electron chi connectivity index (χ2n) is 5.49. The van der Waals surface area contributed by atoms with E-state index in [4.69, 9.17) is 10.5 Å². The van der Waals surface area contributed by atoms with E-state index in [2.05, 4.69) is 52.9 Å². The molecule has 0 amide bonds. The largest absolute Gasteiger partial charge is 0.375 e. The summed E-state index contributed by atoms with van der Waals surface area (Å²) < 4.78 is 6.90. The SMILES string of the molecule is CCC(N)Cc1ccc(Br)cc1N1CCOC(CC)C1. The number of hydrogen-bond donors (Lipinski definition) is 1. The van der Waals surface area contributed by atoms with Crippen LogP contribution >= 0.6 is 15.9 Å². The minimum absolute atomic E-state index is 0.234. The first-order valence-corrected chi connectivity index (χ1v) is 8.33. The number of rotatable bonds is 5. The van der Waals surface area contributed by atoms with E-state index in [1.165, 1.54) is 11.3 Å². The third-order valence-corrected chi connectivity index (χ3v) is 4.48. The number of halogens is 1. The van der Waals surface area contributed by atoms with Gasteiger partial charge in [0.1, 0.15) is 0 Å². The molecule has 2 unspecified atom stereocenters. The van der Waals surface area contributed by atoms with Crippen LogP contribution in [0.1, 0.15) is 32.3 Å². The van der Waals surface area contributed by atoms with Crippen LogP contribution in [0.2, 0.25) is 0 Å². The summed E-state index contributed by atoms with van der Waals surface area (Å²) in [5.41, 5.74) is 8.80. The molecular formula is C16H25BrN2O. The molecule has 0 aliphatic carbocycles. The van der Waals surface area contributed by atoms with Crippen molar-refractivity contribution in [3.05, 3.63) is 28.2 Å².